The zero-order chi connectivity index (χ0) is 12.8. The molecule has 1 rings (SSSR count). The molecule has 1 aromatic rings. The maximum Gasteiger partial charge on any atom is 0.236 e. The van der Waals surface area contributed by atoms with Crippen LogP contribution in [0.2, 0.25) is 0 Å². The number of nitrogens with one attached hydrogen (secondary N) is 2. The van der Waals surface area contributed by atoms with Crippen LogP contribution < -0.4 is 10.6 Å². The third-order valence-corrected chi connectivity index (χ3v) is 2.59. The van der Waals surface area contributed by atoms with Gasteiger partial charge in [-0.2, -0.15) is 0 Å². The molecule has 17 heavy (non-hydrogen) atoms. The Labute approximate surface area is 101 Å². The molecular formula is C13H19FN2O. The number of hydrogen-bond donors (Lipinski definition) is 2. The first kappa shape index (κ1) is 13.6. The fraction of sp³-hybridized carbons (Fsp3) is 0.462. The lowest BCUT2D eigenvalue weighted by atomic mass is 10.1. The van der Waals surface area contributed by atoms with Crippen LogP contribution in [0.25, 0.3) is 0 Å². The number of rotatable bonds is 5. The van der Waals surface area contributed by atoms with E-state index in [0.717, 1.165) is 5.56 Å². The second-order valence-corrected chi connectivity index (χ2v) is 4.06. The quantitative estimate of drug-likeness (QED) is 0.823. The third kappa shape index (κ3) is 4.15. The van der Waals surface area contributed by atoms with E-state index in [2.05, 4.69) is 10.6 Å². The summed E-state index contributed by atoms with van der Waals surface area (Å²) in [5.74, 6) is -0.308. The summed E-state index contributed by atoms with van der Waals surface area (Å²) in [5, 5.41) is 5.87. The molecule has 1 amide bonds. The van der Waals surface area contributed by atoms with Crippen molar-refractivity contribution in [3.8, 4) is 0 Å². The van der Waals surface area contributed by atoms with Crippen LogP contribution in [-0.2, 0) is 4.79 Å². The van der Waals surface area contributed by atoms with Crippen LogP contribution in [0.1, 0.15) is 32.4 Å². The van der Waals surface area contributed by atoms with E-state index in [0.29, 0.717) is 6.54 Å². The molecule has 0 saturated carbocycles. The van der Waals surface area contributed by atoms with Crippen molar-refractivity contribution in [2.45, 2.75) is 32.9 Å². The van der Waals surface area contributed by atoms with E-state index in [4.69, 9.17) is 0 Å². The number of hydrogen-bond acceptors (Lipinski definition) is 2. The highest BCUT2D eigenvalue weighted by molar-refractivity contribution is 5.81. The summed E-state index contributed by atoms with van der Waals surface area (Å²) >= 11 is 0. The van der Waals surface area contributed by atoms with Gasteiger partial charge in [-0.15, -0.1) is 0 Å². The minimum absolute atomic E-state index is 0.0456. The first-order chi connectivity index (χ1) is 8.04. The molecule has 0 bridgehead atoms. The van der Waals surface area contributed by atoms with Crippen LogP contribution >= 0.6 is 0 Å². The Kier molecular flexibility index (Phi) is 5.10. The van der Waals surface area contributed by atoms with Crippen molar-refractivity contribution in [3.63, 3.8) is 0 Å². The molecule has 0 spiro atoms. The lowest BCUT2D eigenvalue weighted by molar-refractivity contribution is -0.122. The van der Waals surface area contributed by atoms with E-state index in [1.165, 1.54) is 12.1 Å². The Morgan fingerprint density at radius 2 is 2.12 bits per heavy atom. The largest absolute Gasteiger partial charge is 0.355 e. The number of benzene rings is 1. The fourth-order valence-corrected chi connectivity index (χ4v) is 1.65. The molecule has 0 aliphatic heterocycles. The zero-order valence-electron chi connectivity index (χ0n) is 10.5. The van der Waals surface area contributed by atoms with Crippen LogP contribution in [0.4, 0.5) is 4.39 Å². The average molecular weight is 238 g/mol. The van der Waals surface area contributed by atoms with E-state index in [1.807, 2.05) is 19.9 Å². The molecule has 0 saturated heterocycles. The SMILES string of the molecule is CCNC(=O)C(C)N[C@H](C)c1cccc(F)c1. The summed E-state index contributed by atoms with van der Waals surface area (Å²) < 4.78 is 13.0. The second kappa shape index (κ2) is 6.35. The average Bonchev–Trinajstić information content (AvgIpc) is 2.29. The van der Waals surface area contributed by atoms with Crippen LogP contribution in [0.3, 0.4) is 0 Å². The van der Waals surface area contributed by atoms with Gasteiger partial charge in [-0.25, -0.2) is 4.39 Å². The zero-order valence-corrected chi connectivity index (χ0v) is 10.5. The van der Waals surface area contributed by atoms with E-state index in [9.17, 15) is 9.18 Å². The molecular weight excluding hydrogens is 219 g/mol. The van der Waals surface area contributed by atoms with Gasteiger partial charge >= 0.3 is 0 Å². The summed E-state index contributed by atoms with van der Waals surface area (Å²) in [6.07, 6.45) is 0. The summed E-state index contributed by atoms with van der Waals surface area (Å²) in [6, 6.07) is 6.02. The van der Waals surface area contributed by atoms with Crippen LogP contribution in [0.15, 0.2) is 24.3 Å². The molecule has 4 heteroatoms. The van der Waals surface area contributed by atoms with Crippen molar-refractivity contribution in [2.75, 3.05) is 6.54 Å². The highest BCUT2D eigenvalue weighted by Crippen LogP contribution is 2.13. The summed E-state index contributed by atoms with van der Waals surface area (Å²) in [7, 11) is 0. The molecule has 2 N–H and O–H groups in total. The van der Waals surface area contributed by atoms with Gasteiger partial charge in [0.05, 0.1) is 6.04 Å². The van der Waals surface area contributed by atoms with E-state index >= 15 is 0 Å². The van der Waals surface area contributed by atoms with Gasteiger partial charge in [-0.05, 0) is 38.5 Å². The molecule has 2 atom stereocenters. The molecule has 0 radical (unpaired) electrons. The van der Waals surface area contributed by atoms with Crippen LogP contribution in [0, 0.1) is 5.82 Å². The normalized spacial score (nSPS) is 14.1. The van der Waals surface area contributed by atoms with Crippen molar-refractivity contribution in [2.24, 2.45) is 0 Å². The Morgan fingerprint density at radius 3 is 2.71 bits per heavy atom. The molecule has 0 fully saturated rings. The summed E-state index contributed by atoms with van der Waals surface area (Å²) in [5.41, 5.74) is 0.834. The Hall–Kier alpha value is -1.42. The van der Waals surface area contributed by atoms with E-state index in [1.54, 1.807) is 13.0 Å². The van der Waals surface area contributed by atoms with Crippen molar-refractivity contribution >= 4 is 5.91 Å². The minimum atomic E-state index is -0.298. The summed E-state index contributed by atoms with van der Waals surface area (Å²) in [4.78, 5) is 11.5. The molecule has 94 valence electrons. The first-order valence-corrected chi connectivity index (χ1v) is 5.83. The van der Waals surface area contributed by atoms with Crippen molar-refractivity contribution < 1.29 is 9.18 Å². The van der Waals surface area contributed by atoms with Crippen LogP contribution in [0.5, 0.6) is 0 Å². The third-order valence-electron chi connectivity index (χ3n) is 2.59. The van der Waals surface area contributed by atoms with Crippen molar-refractivity contribution in [1.82, 2.24) is 10.6 Å². The van der Waals surface area contributed by atoms with Gasteiger partial charge in [0.2, 0.25) is 5.91 Å². The van der Waals surface area contributed by atoms with Gasteiger partial charge in [0.15, 0.2) is 0 Å². The standard InChI is InChI=1S/C13H19FN2O/c1-4-15-13(17)10(3)16-9(2)11-6-5-7-12(14)8-11/h5-10,16H,4H2,1-3H3,(H,15,17)/t9-,10?/m1/s1. The summed E-state index contributed by atoms with van der Waals surface area (Å²) in [6.45, 7) is 6.19. The van der Waals surface area contributed by atoms with Gasteiger partial charge < -0.3 is 5.32 Å². The minimum Gasteiger partial charge on any atom is -0.355 e. The maximum absolute atomic E-state index is 13.0. The predicted octanol–water partition coefficient (Wildman–Crippen LogP) is 2.00. The lowest BCUT2D eigenvalue weighted by Crippen LogP contribution is -2.43. The second-order valence-electron chi connectivity index (χ2n) is 4.06. The number of carbonyl (C=O) groups excluding carboxylic acids is 1. The molecule has 0 aliphatic rings. The topological polar surface area (TPSA) is 41.1 Å². The predicted molar refractivity (Wildman–Crippen MR) is 66.1 cm³/mol. The van der Waals surface area contributed by atoms with Gasteiger partial charge in [-0.1, -0.05) is 12.1 Å². The van der Waals surface area contributed by atoms with Gasteiger partial charge in [-0.3, -0.25) is 10.1 Å². The van der Waals surface area contributed by atoms with Crippen molar-refractivity contribution in [3.05, 3.63) is 35.6 Å². The smallest absolute Gasteiger partial charge is 0.236 e. The molecule has 1 unspecified atom stereocenters. The molecule has 0 aliphatic carbocycles. The fourth-order valence-electron chi connectivity index (χ4n) is 1.65. The van der Waals surface area contributed by atoms with Gasteiger partial charge in [0.25, 0.3) is 0 Å². The van der Waals surface area contributed by atoms with Gasteiger partial charge in [0, 0.05) is 12.6 Å². The highest BCUT2D eigenvalue weighted by atomic mass is 19.1. The van der Waals surface area contributed by atoms with E-state index in [-0.39, 0.29) is 23.8 Å². The Morgan fingerprint density at radius 1 is 1.41 bits per heavy atom. The van der Waals surface area contributed by atoms with Gasteiger partial charge in [0.1, 0.15) is 5.82 Å². The van der Waals surface area contributed by atoms with Crippen molar-refractivity contribution in [1.29, 1.82) is 0 Å². The first-order valence-electron chi connectivity index (χ1n) is 5.83. The highest BCUT2D eigenvalue weighted by Gasteiger charge is 2.15. The number of likely N-dealkylation sites (N-methyl/N-ethyl adjacent to an activating group) is 1. The van der Waals surface area contributed by atoms with Crippen LogP contribution in [-0.4, -0.2) is 18.5 Å². The number of halogens is 1. The number of carbonyl (C=O) groups is 1. The molecule has 3 nitrogen and oxygen atoms in total. The number of amides is 1. The molecule has 0 heterocycles. The van der Waals surface area contributed by atoms with E-state index < -0.39 is 0 Å². The molecule has 1 aromatic carbocycles. The lowest BCUT2D eigenvalue weighted by Gasteiger charge is -2.19. The molecule has 0 aromatic heterocycles. The monoisotopic (exact) mass is 238 g/mol. The Bertz CT molecular complexity index is 381. The maximum atomic E-state index is 13.0. The Balaban J connectivity index is 2.60.